The number of nitrogens with zero attached hydrogens (tertiary/aromatic N) is 2. The molecule has 0 atom stereocenters. The van der Waals surface area contributed by atoms with Crippen LogP contribution in [0.15, 0.2) is 23.0 Å². The highest BCUT2D eigenvalue weighted by molar-refractivity contribution is 5.65. The van der Waals surface area contributed by atoms with Crippen LogP contribution < -0.4 is 10.3 Å². The minimum atomic E-state index is -0.574. The number of halogens is 1. The Balaban J connectivity index is 2.68. The molecule has 1 N–H and O–H groups in total. The van der Waals surface area contributed by atoms with E-state index in [1.165, 1.54) is 13.2 Å². The number of hydrogen-bond acceptors (Lipinski definition) is 4. The van der Waals surface area contributed by atoms with Crippen molar-refractivity contribution in [2.75, 3.05) is 7.11 Å². The first-order valence-electron chi connectivity index (χ1n) is 6.66. The molecule has 2 rings (SSSR count). The summed E-state index contributed by atoms with van der Waals surface area (Å²) >= 11 is 0. The second-order valence-corrected chi connectivity index (χ2v) is 5.89. The van der Waals surface area contributed by atoms with Gasteiger partial charge in [0.15, 0.2) is 0 Å². The van der Waals surface area contributed by atoms with Crippen molar-refractivity contribution in [2.45, 2.75) is 26.2 Å². The van der Waals surface area contributed by atoms with Crippen LogP contribution in [0, 0.1) is 17.1 Å². The summed E-state index contributed by atoms with van der Waals surface area (Å²) in [5.41, 5.74) is 0.369. The minimum Gasteiger partial charge on any atom is -0.495 e. The highest BCUT2D eigenvalue weighted by Gasteiger charge is 2.21. The molecule has 22 heavy (non-hydrogen) atoms. The number of rotatable bonds is 2. The number of nitrogens with one attached hydrogen (secondary N) is 1. The van der Waals surface area contributed by atoms with Crippen LogP contribution in [0.5, 0.6) is 5.75 Å². The van der Waals surface area contributed by atoms with Crippen LogP contribution in [0.3, 0.4) is 0 Å². The van der Waals surface area contributed by atoms with E-state index in [2.05, 4.69) is 10.2 Å². The molecule has 5 nitrogen and oxygen atoms in total. The Morgan fingerprint density at radius 1 is 1.32 bits per heavy atom. The van der Waals surface area contributed by atoms with Gasteiger partial charge < -0.3 is 4.74 Å². The molecule has 0 saturated heterocycles. The molecule has 0 amide bonds. The third-order valence-corrected chi connectivity index (χ3v) is 3.30. The maximum atomic E-state index is 14.2. The van der Waals surface area contributed by atoms with Gasteiger partial charge in [-0.25, -0.2) is 9.49 Å². The van der Waals surface area contributed by atoms with Gasteiger partial charge in [-0.3, -0.25) is 4.79 Å². The predicted molar refractivity (Wildman–Crippen MR) is 80.2 cm³/mol. The highest BCUT2D eigenvalue weighted by Crippen LogP contribution is 2.29. The third kappa shape index (κ3) is 2.84. The molecule has 0 aliphatic carbocycles. The van der Waals surface area contributed by atoms with E-state index in [4.69, 9.17) is 10.00 Å². The molecule has 0 saturated carbocycles. The van der Waals surface area contributed by atoms with Gasteiger partial charge in [0.25, 0.3) is 5.56 Å². The molecule has 0 aliphatic heterocycles. The van der Waals surface area contributed by atoms with Gasteiger partial charge in [0.2, 0.25) is 0 Å². The number of aromatic amines is 1. The summed E-state index contributed by atoms with van der Waals surface area (Å²) in [6.07, 6.45) is 0. The Kier molecular flexibility index (Phi) is 4.00. The smallest absolute Gasteiger partial charge is 0.267 e. The quantitative estimate of drug-likeness (QED) is 0.925. The molecule has 2 aromatic rings. The molecule has 0 radical (unpaired) electrons. The van der Waals surface area contributed by atoms with Crippen LogP contribution >= 0.6 is 0 Å². The molecule has 1 aromatic carbocycles. The van der Waals surface area contributed by atoms with Crippen LogP contribution in [0.2, 0.25) is 0 Å². The fourth-order valence-electron chi connectivity index (χ4n) is 2.11. The highest BCUT2D eigenvalue weighted by atomic mass is 19.1. The molecular formula is C16H16FN3O2. The molecule has 6 heteroatoms. The van der Waals surface area contributed by atoms with Gasteiger partial charge in [-0.15, -0.1) is 0 Å². The molecule has 0 unspecified atom stereocenters. The maximum Gasteiger partial charge on any atom is 0.267 e. The maximum absolute atomic E-state index is 14.2. The molecule has 0 fully saturated rings. The lowest BCUT2D eigenvalue weighted by Gasteiger charge is -2.18. The van der Waals surface area contributed by atoms with E-state index in [-0.39, 0.29) is 28.1 Å². The van der Waals surface area contributed by atoms with Crippen molar-refractivity contribution in [1.82, 2.24) is 10.2 Å². The molecule has 1 aromatic heterocycles. The molecule has 0 aliphatic rings. The van der Waals surface area contributed by atoms with Crippen molar-refractivity contribution in [3.63, 3.8) is 0 Å². The van der Waals surface area contributed by atoms with Crippen molar-refractivity contribution < 1.29 is 9.13 Å². The lowest BCUT2D eigenvalue weighted by atomic mass is 9.87. The summed E-state index contributed by atoms with van der Waals surface area (Å²) in [4.78, 5) is 11.9. The van der Waals surface area contributed by atoms with E-state index in [0.717, 1.165) is 6.07 Å². The van der Waals surface area contributed by atoms with Crippen molar-refractivity contribution in [2.24, 2.45) is 0 Å². The summed E-state index contributed by atoms with van der Waals surface area (Å²) in [6, 6.07) is 5.99. The topological polar surface area (TPSA) is 78.8 Å². The number of H-pyrrole nitrogens is 1. The van der Waals surface area contributed by atoms with E-state index >= 15 is 0 Å². The van der Waals surface area contributed by atoms with Gasteiger partial charge in [0.05, 0.1) is 18.4 Å². The zero-order valence-corrected chi connectivity index (χ0v) is 12.8. The second kappa shape index (κ2) is 5.60. The van der Waals surface area contributed by atoms with E-state index in [0.29, 0.717) is 5.56 Å². The molecule has 0 spiro atoms. The molecule has 114 valence electrons. The number of hydrogen-bond donors (Lipinski definition) is 1. The van der Waals surface area contributed by atoms with Gasteiger partial charge in [0.1, 0.15) is 17.6 Å². The molecule has 0 bridgehead atoms. The third-order valence-electron chi connectivity index (χ3n) is 3.30. The number of aromatic nitrogens is 2. The van der Waals surface area contributed by atoms with Gasteiger partial charge in [-0.2, -0.15) is 10.4 Å². The number of benzene rings is 1. The number of nitriles is 1. The monoisotopic (exact) mass is 301 g/mol. The van der Waals surface area contributed by atoms with Crippen LogP contribution in [-0.2, 0) is 5.41 Å². The molecule has 1 heterocycles. The first-order chi connectivity index (χ1) is 10.3. The van der Waals surface area contributed by atoms with E-state index < -0.39 is 11.2 Å². The van der Waals surface area contributed by atoms with Crippen LogP contribution in [0.25, 0.3) is 11.3 Å². The predicted octanol–water partition coefficient (Wildman–Crippen LogP) is 2.75. The summed E-state index contributed by atoms with van der Waals surface area (Å²) in [5, 5.41) is 15.4. The molecular weight excluding hydrogens is 285 g/mol. The normalized spacial score (nSPS) is 11.1. The minimum absolute atomic E-state index is 0.138. The van der Waals surface area contributed by atoms with E-state index in [9.17, 15) is 9.18 Å². The average molecular weight is 301 g/mol. The van der Waals surface area contributed by atoms with Gasteiger partial charge in [-0.05, 0) is 17.5 Å². The Labute approximate surface area is 127 Å². The summed E-state index contributed by atoms with van der Waals surface area (Å²) < 4.78 is 19.2. The average Bonchev–Trinajstić information content (AvgIpc) is 2.46. The first-order valence-corrected chi connectivity index (χ1v) is 6.66. The van der Waals surface area contributed by atoms with Crippen LogP contribution in [0.4, 0.5) is 4.39 Å². The largest absolute Gasteiger partial charge is 0.495 e. The summed E-state index contributed by atoms with van der Waals surface area (Å²) in [5.74, 6) is -0.417. The van der Waals surface area contributed by atoms with Crippen molar-refractivity contribution in [3.8, 4) is 23.1 Å². The fourth-order valence-corrected chi connectivity index (χ4v) is 2.11. The Morgan fingerprint density at radius 3 is 2.55 bits per heavy atom. The van der Waals surface area contributed by atoms with Crippen LogP contribution in [0.1, 0.15) is 31.9 Å². The van der Waals surface area contributed by atoms with E-state index in [1.54, 1.807) is 6.07 Å². The van der Waals surface area contributed by atoms with Crippen molar-refractivity contribution in [1.29, 1.82) is 5.26 Å². The first kappa shape index (κ1) is 15.7. The van der Waals surface area contributed by atoms with Crippen molar-refractivity contribution >= 4 is 0 Å². The summed E-state index contributed by atoms with van der Waals surface area (Å²) in [7, 11) is 1.37. The Bertz CT molecular complexity index is 814. The zero-order valence-electron chi connectivity index (χ0n) is 12.8. The Morgan fingerprint density at radius 2 is 2.00 bits per heavy atom. The van der Waals surface area contributed by atoms with E-state index in [1.807, 2.05) is 26.8 Å². The van der Waals surface area contributed by atoms with Gasteiger partial charge in [-0.1, -0.05) is 20.8 Å². The Hall–Kier alpha value is -2.68. The number of methoxy groups -OCH3 is 1. The second-order valence-electron chi connectivity index (χ2n) is 5.89. The lowest BCUT2D eigenvalue weighted by Crippen LogP contribution is -2.25. The number of ether oxygens (including phenoxy) is 1. The standard InChI is InChI=1S/C16H16FN3O2/c1-16(2,3)11-6-13(19-20-15(11)21)10-5-9(8-18)14(22-4)7-12(10)17/h5-7H,1-4H3,(H,20,21). The van der Waals surface area contributed by atoms with Crippen molar-refractivity contribution in [3.05, 3.63) is 45.5 Å². The van der Waals surface area contributed by atoms with Crippen LogP contribution in [-0.4, -0.2) is 17.3 Å². The van der Waals surface area contributed by atoms with Gasteiger partial charge in [0, 0.05) is 17.2 Å². The SMILES string of the molecule is COc1cc(F)c(-c2cc(C(C)(C)C)c(=O)[nH]n2)cc1C#N. The lowest BCUT2D eigenvalue weighted by molar-refractivity contribution is 0.410. The van der Waals surface area contributed by atoms with Gasteiger partial charge >= 0.3 is 0 Å². The zero-order chi connectivity index (χ0) is 16.5. The fraction of sp³-hybridized carbons (Fsp3) is 0.312. The summed E-state index contributed by atoms with van der Waals surface area (Å²) in [6.45, 7) is 5.64.